The third-order valence-electron chi connectivity index (χ3n) is 2.33. The second-order valence-corrected chi connectivity index (χ2v) is 4.44. The van der Waals surface area contributed by atoms with Gasteiger partial charge in [0.25, 0.3) is 0 Å². The number of thioether (sulfide) groups is 1. The van der Waals surface area contributed by atoms with Gasteiger partial charge in [-0.25, -0.2) is 0 Å². The zero-order valence-electron chi connectivity index (χ0n) is 7.33. The molecule has 0 aliphatic carbocycles. The monoisotopic (exact) mass is 184 g/mol. The summed E-state index contributed by atoms with van der Waals surface area (Å²) < 4.78 is 0. The molecule has 0 aromatic heterocycles. The third-order valence-corrected chi connectivity index (χ3v) is 3.52. The topological polar surface area (TPSA) is 20.2 Å². The highest BCUT2D eigenvalue weighted by molar-refractivity contribution is 7.99. The summed E-state index contributed by atoms with van der Waals surface area (Å²) in [6.07, 6.45) is 8.87. The predicted molar refractivity (Wildman–Crippen MR) is 54.1 cm³/mol. The lowest BCUT2D eigenvalue weighted by molar-refractivity contribution is 0.109. The minimum Gasteiger partial charge on any atom is -0.393 e. The summed E-state index contributed by atoms with van der Waals surface area (Å²) in [7, 11) is 0. The molecule has 2 unspecified atom stereocenters. The van der Waals surface area contributed by atoms with Crippen LogP contribution in [-0.4, -0.2) is 22.7 Å². The molecule has 1 nitrogen and oxygen atoms in total. The molecule has 12 heavy (non-hydrogen) atoms. The predicted octanol–water partition coefficient (Wildman–Crippen LogP) is 1.90. The Bertz CT molecular complexity index is 156. The van der Waals surface area contributed by atoms with Gasteiger partial charge in [0.2, 0.25) is 0 Å². The summed E-state index contributed by atoms with van der Waals surface area (Å²) in [6.45, 7) is 0. The van der Waals surface area contributed by atoms with Crippen LogP contribution < -0.4 is 0 Å². The molecule has 1 N–H and O–H groups in total. The quantitative estimate of drug-likeness (QED) is 0.532. The lowest BCUT2D eigenvalue weighted by Crippen LogP contribution is -2.19. The van der Waals surface area contributed by atoms with Crippen molar-refractivity contribution < 1.29 is 5.11 Å². The molecule has 1 aliphatic heterocycles. The molecule has 0 radical (unpaired) electrons. The highest BCUT2D eigenvalue weighted by atomic mass is 32.2. The van der Waals surface area contributed by atoms with Crippen molar-refractivity contribution in [3.05, 3.63) is 0 Å². The Labute approximate surface area is 78.9 Å². The smallest absolute Gasteiger partial charge is 0.0576 e. The van der Waals surface area contributed by atoms with Crippen LogP contribution in [0.3, 0.4) is 0 Å². The molecule has 0 saturated carbocycles. The Kier molecular flexibility index (Phi) is 4.57. The van der Waals surface area contributed by atoms with Crippen molar-refractivity contribution in [3.63, 3.8) is 0 Å². The summed E-state index contributed by atoms with van der Waals surface area (Å²) in [6, 6.07) is 0. The Morgan fingerprint density at radius 3 is 3.08 bits per heavy atom. The van der Waals surface area contributed by atoms with Crippen LogP contribution in [0.5, 0.6) is 0 Å². The van der Waals surface area contributed by atoms with Crippen molar-refractivity contribution in [3.8, 4) is 12.3 Å². The lowest BCUT2D eigenvalue weighted by atomic mass is 9.97. The number of hydrogen-bond acceptors (Lipinski definition) is 2. The highest BCUT2D eigenvalue weighted by Gasteiger charge is 2.22. The second kappa shape index (κ2) is 5.50. The van der Waals surface area contributed by atoms with Gasteiger partial charge in [-0.05, 0) is 36.7 Å². The number of unbranched alkanes of at least 4 members (excludes halogenated alkanes) is 1. The van der Waals surface area contributed by atoms with Crippen LogP contribution in [0.4, 0.5) is 0 Å². The van der Waals surface area contributed by atoms with E-state index in [1.807, 2.05) is 11.8 Å². The molecular weight excluding hydrogens is 168 g/mol. The zero-order chi connectivity index (χ0) is 8.81. The van der Waals surface area contributed by atoms with E-state index in [2.05, 4.69) is 5.92 Å². The molecule has 0 aromatic carbocycles. The number of terminal acetylenes is 1. The summed E-state index contributed by atoms with van der Waals surface area (Å²) in [5, 5.41) is 9.69. The molecule has 2 heteroatoms. The van der Waals surface area contributed by atoms with Crippen molar-refractivity contribution in [2.75, 3.05) is 11.5 Å². The lowest BCUT2D eigenvalue weighted by Gasteiger charge is -2.15. The van der Waals surface area contributed by atoms with Crippen molar-refractivity contribution in [2.45, 2.75) is 31.8 Å². The summed E-state index contributed by atoms with van der Waals surface area (Å²) in [5.41, 5.74) is 0. The van der Waals surface area contributed by atoms with Crippen LogP contribution in [0.15, 0.2) is 0 Å². The number of hydrogen-bond donors (Lipinski definition) is 1. The second-order valence-electron chi connectivity index (χ2n) is 3.29. The first-order valence-electron chi connectivity index (χ1n) is 4.54. The van der Waals surface area contributed by atoms with E-state index < -0.39 is 0 Å². The van der Waals surface area contributed by atoms with E-state index in [9.17, 15) is 5.11 Å². The van der Waals surface area contributed by atoms with E-state index in [0.717, 1.165) is 25.0 Å². The highest BCUT2D eigenvalue weighted by Crippen LogP contribution is 2.27. The first-order chi connectivity index (χ1) is 5.84. The molecule has 2 atom stereocenters. The summed E-state index contributed by atoms with van der Waals surface area (Å²) >= 11 is 1.95. The maximum absolute atomic E-state index is 9.69. The van der Waals surface area contributed by atoms with Crippen LogP contribution in [0, 0.1) is 18.3 Å². The van der Waals surface area contributed by atoms with Crippen LogP contribution in [0.2, 0.25) is 0 Å². The minimum atomic E-state index is -0.103. The van der Waals surface area contributed by atoms with Crippen LogP contribution in [-0.2, 0) is 0 Å². The van der Waals surface area contributed by atoms with Gasteiger partial charge in [-0.15, -0.1) is 12.3 Å². The Morgan fingerprint density at radius 1 is 1.67 bits per heavy atom. The standard InChI is InChI=1S/C10H16OS/c1-2-3-4-5-10(11)9-6-7-12-8-9/h1,9-11H,3-8H2. The summed E-state index contributed by atoms with van der Waals surface area (Å²) in [4.78, 5) is 0. The van der Waals surface area contributed by atoms with E-state index in [1.165, 1.54) is 12.2 Å². The van der Waals surface area contributed by atoms with Crippen molar-refractivity contribution in [1.29, 1.82) is 0 Å². The van der Waals surface area contributed by atoms with Gasteiger partial charge in [-0.3, -0.25) is 0 Å². The van der Waals surface area contributed by atoms with Gasteiger partial charge in [0.15, 0.2) is 0 Å². The Morgan fingerprint density at radius 2 is 2.50 bits per heavy atom. The number of aliphatic hydroxyl groups excluding tert-OH is 1. The molecule has 1 saturated heterocycles. The summed E-state index contributed by atoms with van der Waals surface area (Å²) in [5.74, 6) is 5.49. The third kappa shape index (κ3) is 3.08. The van der Waals surface area contributed by atoms with Crippen LogP contribution >= 0.6 is 11.8 Å². The SMILES string of the molecule is C#CCCCC(O)C1CCSC1. The first-order valence-corrected chi connectivity index (χ1v) is 5.69. The minimum absolute atomic E-state index is 0.103. The van der Waals surface area contributed by atoms with Crippen LogP contribution in [0.25, 0.3) is 0 Å². The van der Waals surface area contributed by atoms with E-state index >= 15 is 0 Å². The van der Waals surface area contributed by atoms with Gasteiger partial charge in [0, 0.05) is 6.42 Å². The van der Waals surface area contributed by atoms with Crippen molar-refractivity contribution >= 4 is 11.8 Å². The van der Waals surface area contributed by atoms with E-state index in [1.54, 1.807) is 0 Å². The van der Waals surface area contributed by atoms with Gasteiger partial charge in [-0.1, -0.05) is 0 Å². The maximum Gasteiger partial charge on any atom is 0.0576 e. The van der Waals surface area contributed by atoms with Gasteiger partial charge in [-0.2, -0.15) is 11.8 Å². The molecule has 68 valence electrons. The van der Waals surface area contributed by atoms with E-state index in [-0.39, 0.29) is 6.10 Å². The van der Waals surface area contributed by atoms with Crippen molar-refractivity contribution in [2.24, 2.45) is 5.92 Å². The molecule has 0 spiro atoms. The molecule has 1 rings (SSSR count). The normalized spacial score (nSPS) is 25.2. The molecular formula is C10H16OS. The maximum atomic E-state index is 9.69. The average Bonchev–Trinajstić information content (AvgIpc) is 2.56. The molecule has 0 aromatic rings. The van der Waals surface area contributed by atoms with Crippen molar-refractivity contribution in [1.82, 2.24) is 0 Å². The molecule has 1 aliphatic rings. The fourth-order valence-corrected chi connectivity index (χ4v) is 2.83. The Balaban J connectivity index is 2.10. The molecule has 0 amide bonds. The molecule has 1 fully saturated rings. The first kappa shape index (κ1) is 9.95. The van der Waals surface area contributed by atoms with Gasteiger partial charge < -0.3 is 5.11 Å². The van der Waals surface area contributed by atoms with E-state index in [4.69, 9.17) is 6.42 Å². The largest absolute Gasteiger partial charge is 0.393 e. The van der Waals surface area contributed by atoms with Crippen LogP contribution in [0.1, 0.15) is 25.7 Å². The van der Waals surface area contributed by atoms with E-state index in [0.29, 0.717) is 5.92 Å². The molecule has 1 heterocycles. The van der Waals surface area contributed by atoms with Gasteiger partial charge >= 0.3 is 0 Å². The Hall–Kier alpha value is -0.130. The zero-order valence-corrected chi connectivity index (χ0v) is 8.15. The fourth-order valence-electron chi connectivity index (χ4n) is 1.51. The number of rotatable bonds is 4. The number of aliphatic hydroxyl groups is 1. The molecule has 0 bridgehead atoms. The fraction of sp³-hybridized carbons (Fsp3) is 0.800. The average molecular weight is 184 g/mol. The van der Waals surface area contributed by atoms with Gasteiger partial charge in [0.1, 0.15) is 0 Å². The van der Waals surface area contributed by atoms with Gasteiger partial charge in [0.05, 0.1) is 6.10 Å².